The number of benzene rings is 1. The third-order valence-electron chi connectivity index (χ3n) is 4.72. The zero-order valence-corrected chi connectivity index (χ0v) is 17.0. The molecular formula is C18H23N3O4S2. The van der Waals surface area contributed by atoms with E-state index in [9.17, 15) is 16.8 Å². The van der Waals surface area contributed by atoms with E-state index in [1.54, 1.807) is 18.5 Å². The summed E-state index contributed by atoms with van der Waals surface area (Å²) in [5.41, 5.74) is 1.64. The molecule has 1 aromatic carbocycles. The average Bonchev–Trinajstić information content (AvgIpc) is 3.12. The van der Waals surface area contributed by atoms with Crippen LogP contribution in [-0.2, 0) is 19.9 Å². The summed E-state index contributed by atoms with van der Waals surface area (Å²) in [4.78, 5) is 0.123. The van der Waals surface area contributed by atoms with E-state index in [1.807, 2.05) is 30.3 Å². The number of para-hydroxylation sites is 1. The van der Waals surface area contributed by atoms with Gasteiger partial charge in [0, 0.05) is 12.6 Å². The molecule has 2 heterocycles. The molecular weight excluding hydrogens is 386 g/mol. The Morgan fingerprint density at radius 1 is 1.30 bits per heavy atom. The molecule has 0 bridgehead atoms. The number of aromatic nitrogens is 2. The van der Waals surface area contributed by atoms with E-state index >= 15 is 0 Å². The third kappa shape index (κ3) is 3.71. The maximum Gasteiger partial charge on any atom is 0.247 e. The largest absolute Gasteiger partial charge is 0.247 e. The van der Waals surface area contributed by atoms with Crippen LogP contribution >= 0.6 is 0 Å². The minimum atomic E-state index is -3.93. The molecule has 27 heavy (non-hydrogen) atoms. The van der Waals surface area contributed by atoms with Crippen molar-refractivity contribution in [3.8, 4) is 5.69 Å². The molecule has 1 aliphatic rings. The predicted octanol–water partition coefficient (Wildman–Crippen LogP) is 1.85. The molecule has 0 radical (unpaired) electrons. The minimum Gasteiger partial charge on any atom is -0.236 e. The Bertz CT molecular complexity index is 1060. The summed E-state index contributed by atoms with van der Waals surface area (Å²) >= 11 is 0. The fourth-order valence-electron chi connectivity index (χ4n) is 3.51. The highest BCUT2D eigenvalue weighted by molar-refractivity contribution is 7.92. The first-order valence-corrected chi connectivity index (χ1v) is 11.9. The monoisotopic (exact) mass is 409 g/mol. The second kappa shape index (κ2) is 7.21. The van der Waals surface area contributed by atoms with Crippen LogP contribution in [0.2, 0.25) is 0 Å². The van der Waals surface area contributed by atoms with Gasteiger partial charge in [0.15, 0.2) is 9.84 Å². The highest BCUT2D eigenvalue weighted by Crippen LogP contribution is 2.29. The van der Waals surface area contributed by atoms with Crippen molar-refractivity contribution in [2.24, 2.45) is 0 Å². The first-order valence-electron chi connectivity index (χ1n) is 8.62. The second-order valence-electron chi connectivity index (χ2n) is 6.67. The summed E-state index contributed by atoms with van der Waals surface area (Å²) in [6, 6.07) is 8.69. The number of aryl methyl sites for hydroxylation is 1. The van der Waals surface area contributed by atoms with E-state index in [1.165, 1.54) is 10.4 Å². The van der Waals surface area contributed by atoms with E-state index in [0.717, 1.165) is 5.69 Å². The highest BCUT2D eigenvalue weighted by Gasteiger charge is 2.40. The summed E-state index contributed by atoms with van der Waals surface area (Å²) < 4.78 is 53.5. The second-order valence-corrected chi connectivity index (χ2v) is 10.7. The van der Waals surface area contributed by atoms with Gasteiger partial charge in [0.05, 0.1) is 28.6 Å². The molecule has 0 aliphatic carbocycles. The van der Waals surface area contributed by atoms with Gasteiger partial charge in [-0.3, -0.25) is 0 Å². The number of sulfonamides is 1. The Kier molecular flexibility index (Phi) is 5.29. The number of hydrogen-bond donors (Lipinski definition) is 0. The van der Waals surface area contributed by atoms with Crippen molar-refractivity contribution in [1.29, 1.82) is 0 Å². The van der Waals surface area contributed by atoms with Crippen molar-refractivity contribution in [3.63, 3.8) is 0 Å². The lowest BCUT2D eigenvalue weighted by molar-refractivity contribution is 0.367. The molecule has 0 N–H and O–H groups in total. The number of nitrogens with zero attached hydrogens (tertiary/aromatic N) is 3. The van der Waals surface area contributed by atoms with Crippen LogP contribution in [0.1, 0.15) is 17.8 Å². The Balaban J connectivity index is 2.08. The maximum absolute atomic E-state index is 13.4. The first-order chi connectivity index (χ1) is 12.7. The van der Waals surface area contributed by atoms with Crippen molar-refractivity contribution in [2.75, 3.05) is 18.1 Å². The highest BCUT2D eigenvalue weighted by atomic mass is 32.2. The molecule has 2 aromatic rings. The summed E-state index contributed by atoms with van der Waals surface area (Å²) in [6.45, 7) is 7.05. The van der Waals surface area contributed by atoms with Gasteiger partial charge in [0.1, 0.15) is 4.90 Å². The van der Waals surface area contributed by atoms with Gasteiger partial charge in [-0.05, 0) is 32.4 Å². The van der Waals surface area contributed by atoms with Crippen molar-refractivity contribution in [3.05, 3.63) is 54.4 Å². The summed E-state index contributed by atoms with van der Waals surface area (Å²) in [5, 5.41) is 4.41. The van der Waals surface area contributed by atoms with E-state index in [-0.39, 0.29) is 22.9 Å². The Hall–Kier alpha value is -1.97. The number of hydrogen-bond acceptors (Lipinski definition) is 5. The van der Waals surface area contributed by atoms with Crippen molar-refractivity contribution >= 4 is 19.9 Å². The molecule has 1 aromatic heterocycles. The van der Waals surface area contributed by atoms with Crippen molar-refractivity contribution in [1.82, 2.24) is 14.1 Å². The molecule has 0 spiro atoms. The van der Waals surface area contributed by atoms with E-state index < -0.39 is 25.9 Å². The van der Waals surface area contributed by atoms with Gasteiger partial charge in [0.25, 0.3) is 0 Å². The Morgan fingerprint density at radius 2 is 1.96 bits per heavy atom. The predicted molar refractivity (Wildman–Crippen MR) is 104 cm³/mol. The van der Waals surface area contributed by atoms with Crippen LogP contribution in [0.5, 0.6) is 0 Å². The third-order valence-corrected chi connectivity index (χ3v) is 8.64. The fraction of sp³-hybridized carbons (Fsp3) is 0.389. The van der Waals surface area contributed by atoms with Gasteiger partial charge in [-0.2, -0.15) is 9.40 Å². The lowest BCUT2D eigenvalue weighted by Crippen LogP contribution is -2.41. The Labute approximate surface area is 160 Å². The smallest absolute Gasteiger partial charge is 0.236 e. The zero-order chi connectivity index (χ0) is 19.8. The molecule has 3 rings (SSSR count). The summed E-state index contributed by atoms with van der Waals surface area (Å²) in [7, 11) is -7.15. The van der Waals surface area contributed by atoms with Crippen LogP contribution in [0.15, 0.2) is 47.9 Å². The van der Waals surface area contributed by atoms with Crippen LogP contribution in [0.4, 0.5) is 0 Å². The Morgan fingerprint density at radius 3 is 2.52 bits per heavy atom. The lowest BCUT2D eigenvalue weighted by Gasteiger charge is -2.26. The molecule has 0 saturated carbocycles. The molecule has 1 saturated heterocycles. The van der Waals surface area contributed by atoms with Crippen LogP contribution in [-0.4, -0.2) is 55.0 Å². The summed E-state index contributed by atoms with van der Waals surface area (Å²) in [5.74, 6) is -0.160. The number of sulfone groups is 1. The van der Waals surface area contributed by atoms with Crippen molar-refractivity contribution < 1.29 is 16.8 Å². The van der Waals surface area contributed by atoms with Crippen LogP contribution in [0.3, 0.4) is 0 Å². The molecule has 0 amide bonds. The van der Waals surface area contributed by atoms with E-state index in [4.69, 9.17) is 0 Å². The normalized spacial score (nSPS) is 19.4. The maximum atomic E-state index is 13.4. The van der Waals surface area contributed by atoms with Gasteiger partial charge in [-0.25, -0.2) is 21.5 Å². The zero-order valence-electron chi connectivity index (χ0n) is 15.4. The average molecular weight is 410 g/mol. The minimum absolute atomic E-state index is 0.00205. The van der Waals surface area contributed by atoms with Crippen LogP contribution < -0.4 is 0 Å². The van der Waals surface area contributed by atoms with E-state index in [0.29, 0.717) is 17.8 Å². The van der Waals surface area contributed by atoms with Crippen molar-refractivity contribution in [2.45, 2.75) is 31.2 Å². The van der Waals surface area contributed by atoms with Crippen LogP contribution in [0, 0.1) is 13.8 Å². The number of rotatable bonds is 6. The van der Waals surface area contributed by atoms with Crippen LogP contribution in [0.25, 0.3) is 5.69 Å². The molecule has 1 unspecified atom stereocenters. The fourth-order valence-corrected chi connectivity index (χ4v) is 7.32. The topological polar surface area (TPSA) is 89.3 Å². The molecule has 1 fully saturated rings. The van der Waals surface area contributed by atoms with E-state index in [2.05, 4.69) is 11.7 Å². The van der Waals surface area contributed by atoms with Gasteiger partial charge in [0.2, 0.25) is 10.0 Å². The summed E-state index contributed by atoms with van der Waals surface area (Å²) in [6.07, 6.45) is 1.77. The molecule has 7 nitrogen and oxygen atoms in total. The molecule has 146 valence electrons. The lowest BCUT2D eigenvalue weighted by atomic mass is 10.2. The van der Waals surface area contributed by atoms with Gasteiger partial charge in [-0.15, -0.1) is 6.58 Å². The van der Waals surface area contributed by atoms with Gasteiger partial charge < -0.3 is 0 Å². The standard InChI is InChI=1S/C18H23N3O4S2/c1-4-11-20(17-10-12-26(22,23)13-17)27(24,25)18-14(2)19-21(15(18)3)16-8-6-5-7-9-16/h4-9,17H,1,10-13H2,2-3H3. The molecule has 1 aliphatic heterocycles. The molecule has 9 heteroatoms. The van der Waals surface area contributed by atoms with Gasteiger partial charge >= 0.3 is 0 Å². The molecule has 1 atom stereocenters. The quantitative estimate of drug-likeness (QED) is 0.680. The first kappa shape index (κ1) is 19.8. The van der Waals surface area contributed by atoms with Gasteiger partial charge in [-0.1, -0.05) is 24.3 Å². The SMILES string of the molecule is C=CCN(C1CCS(=O)(=O)C1)S(=O)(=O)c1c(C)nn(-c2ccccc2)c1C.